The van der Waals surface area contributed by atoms with E-state index in [1.54, 1.807) is 6.07 Å². The van der Waals surface area contributed by atoms with E-state index in [9.17, 15) is 15.0 Å². The van der Waals surface area contributed by atoms with Crippen LogP contribution < -0.4 is 5.32 Å². The Morgan fingerprint density at radius 1 is 1.44 bits per heavy atom. The van der Waals surface area contributed by atoms with Gasteiger partial charge in [-0.2, -0.15) is 0 Å². The maximum absolute atomic E-state index is 10.9. The van der Waals surface area contributed by atoms with E-state index < -0.39 is 0 Å². The Balaban J connectivity index is 2.40. The molecule has 0 bridgehead atoms. The minimum atomic E-state index is -0.225. The second-order valence-corrected chi connectivity index (χ2v) is 4.10. The van der Waals surface area contributed by atoms with Crippen molar-refractivity contribution in [3.63, 3.8) is 0 Å². The van der Waals surface area contributed by atoms with Gasteiger partial charge in [0, 0.05) is 24.1 Å². The molecule has 0 aliphatic rings. The summed E-state index contributed by atoms with van der Waals surface area (Å²) >= 11 is 0. The predicted octanol–water partition coefficient (Wildman–Crippen LogP) is 1.70. The molecule has 0 saturated carbocycles. The van der Waals surface area contributed by atoms with Crippen molar-refractivity contribution in [3.05, 3.63) is 23.8 Å². The Bertz CT molecular complexity index is 406. The number of esters is 1. The van der Waals surface area contributed by atoms with Crippen LogP contribution in [0.25, 0.3) is 0 Å². The zero-order valence-corrected chi connectivity index (χ0v) is 10.6. The highest BCUT2D eigenvalue weighted by atomic mass is 16.5. The molecule has 0 aliphatic heterocycles. The van der Waals surface area contributed by atoms with Crippen LogP contribution in [0.2, 0.25) is 0 Å². The Morgan fingerprint density at radius 3 is 2.78 bits per heavy atom. The van der Waals surface area contributed by atoms with Crippen LogP contribution in [0.1, 0.15) is 31.4 Å². The molecule has 0 saturated heterocycles. The number of phenolic OH excluding ortho intramolecular Hbond substituents is 2. The third kappa shape index (κ3) is 4.25. The monoisotopic (exact) mass is 253 g/mol. The fourth-order valence-electron chi connectivity index (χ4n) is 1.66. The van der Waals surface area contributed by atoms with E-state index in [0.717, 1.165) is 0 Å². The van der Waals surface area contributed by atoms with Gasteiger partial charge in [-0.3, -0.25) is 4.79 Å². The summed E-state index contributed by atoms with van der Waals surface area (Å²) in [6.45, 7) is 2.56. The summed E-state index contributed by atoms with van der Waals surface area (Å²) in [6.07, 6.45) is 1.05. The normalized spacial score (nSPS) is 12.1. The summed E-state index contributed by atoms with van der Waals surface area (Å²) in [7, 11) is 1.37. The van der Waals surface area contributed by atoms with Gasteiger partial charge in [-0.05, 0) is 26.0 Å². The standard InChI is InChI=1S/C13H19NO4/c1-9(14-7-3-4-13(17)18-2)11-6-5-10(15)8-12(11)16/h5-6,8-9,14-16H,3-4,7H2,1-2H3. The molecular formula is C13H19NO4. The summed E-state index contributed by atoms with van der Waals surface area (Å²) < 4.78 is 4.54. The lowest BCUT2D eigenvalue weighted by Gasteiger charge is -2.15. The van der Waals surface area contributed by atoms with Gasteiger partial charge in [0.25, 0.3) is 0 Å². The van der Waals surface area contributed by atoms with Gasteiger partial charge in [0.2, 0.25) is 0 Å². The number of hydrogen-bond donors (Lipinski definition) is 3. The van der Waals surface area contributed by atoms with E-state index in [1.165, 1.54) is 19.2 Å². The molecule has 0 fully saturated rings. The van der Waals surface area contributed by atoms with Crippen molar-refractivity contribution in [1.82, 2.24) is 5.32 Å². The van der Waals surface area contributed by atoms with Crippen LogP contribution in [0, 0.1) is 0 Å². The molecule has 0 spiro atoms. The lowest BCUT2D eigenvalue weighted by atomic mass is 10.1. The molecule has 5 heteroatoms. The molecule has 1 rings (SSSR count). The van der Waals surface area contributed by atoms with Crippen molar-refractivity contribution in [1.29, 1.82) is 0 Å². The number of aromatic hydroxyl groups is 2. The SMILES string of the molecule is COC(=O)CCCNC(C)c1ccc(O)cc1O. The van der Waals surface area contributed by atoms with Crippen molar-refractivity contribution < 1.29 is 19.7 Å². The maximum Gasteiger partial charge on any atom is 0.305 e. The molecule has 0 amide bonds. The maximum atomic E-state index is 10.9. The van der Waals surface area contributed by atoms with Gasteiger partial charge >= 0.3 is 5.97 Å². The molecule has 1 aromatic carbocycles. The lowest BCUT2D eigenvalue weighted by Crippen LogP contribution is -2.20. The van der Waals surface area contributed by atoms with Gasteiger partial charge < -0.3 is 20.3 Å². The first-order valence-corrected chi connectivity index (χ1v) is 5.86. The van der Waals surface area contributed by atoms with Gasteiger partial charge in [0.15, 0.2) is 0 Å². The van der Waals surface area contributed by atoms with Crippen LogP contribution >= 0.6 is 0 Å². The summed E-state index contributed by atoms with van der Waals surface area (Å²) in [6, 6.07) is 4.45. The van der Waals surface area contributed by atoms with Gasteiger partial charge in [-0.15, -0.1) is 0 Å². The molecule has 5 nitrogen and oxygen atoms in total. The van der Waals surface area contributed by atoms with Crippen LogP contribution in [-0.4, -0.2) is 29.8 Å². The van der Waals surface area contributed by atoms with Crippen molar-refractivity contribution in [2.24, 2.45) is 0 Å². The minimum absolute atomic E-state index is 0.0362. The first-order chi connectivity index (χ1) is 8.54. The number of hydrogen-bond acceptors (Lipinski definition) is 5. The first kappa shape index (κ1) is 14.3. The van der Waals surface area contributed by atoms with E-state index >= 15 is 0 Å². The number of ether oxygens (including phenoxy) is 1. The molecule has 0 heterocycles. The zero-order valence-electron chi connectivity index (χ0n) is 10.6. The van der Waals surface area contributed by atoms with E-state index in [4.69, 9.17) is 0 Å². The van der Waals surface area contributed by atoms with Crippen LogP contribution in [0.15, 0.2) is 18.2 Å². The number of carbonyl (C=O) groups is 1. The zero-order chi connectivity index (χ0) is 13.5. The Labute approximate surface area is 106 Å². The fourth-order valence-corrected chi connectivity index (χ4v) is 1.66. The second kappa shape index (κ2) is 6.86. The van der Waals surface area contributed by atoms with E-state index in [1.807, 2.05) is 6.92 Å². The van der Waals surface area contributed by atoms with Gasteiger partial charge in [-0.1, -0.05) is 6.07 Å². The number of phenols is 2. The third-order valence-corrected chi connectivity index (χ3v) is 2.72. The molecule has 18 heavy (non-hydrogen) atoms. The van der Waals surface area contributed by atoms with Crippen molar-refractivity contribution in [3.8, 4) is 11.5 Å². The molecule has 0 radical (unpaired) electrons. The number of carbonyl (C=O) groups excluding carboxylic acids is 1. The van der Waals surface area contributed by atoms with Crippen LogP contribution in [0.5, 0.6) is 11.5 Å². The van der Waals surface area contributed by atoms with Gasteiger partial charge in [0.1, 0.15) is 11.5 Å². The molecule has 3 N–H and O–H groups in total. The Hall–Kier alpha value is -1.75. The second-order valence-electron chi connectivity index (χ2n) is 4.10. The first-order valence-electron chi connectivity index (χ1n) is 5.86. The highest BCUT2D eigenvalue weighted by molar-refractivity contribution is 5.69. The lowest BCUT2D eigenvalue weighted by molar-refractivity contribution is -0.140. The average Bonchev–Trinajstić information content (AvgIpc) is 2.34. The summed E-state index contributed by atoms with van der Waals surface area (Å²) in [5, 5.41) is 22.0. The fraction of sp³-hybridized carbons (Fsp3) is 0.462. The number of rotatable bonds is 6. The van der Waals surface area contributed by atoms with E-state index in [2.05, 4.69) is 10.1 Å². The molecule has 1 unspecified atom stereocenters. The number of benzene rings is 1. The van der Waals surface area contributed by atoms with E-state index in [-0.39, 0.29) is 23.5 Å². The molecule has 0 aliphatic carbocycles. The predicted molar refractivity (Wildman–Crippen MR) is 67.4 cm³/mol. The number of nitrogens with one attached hydrogen (secondary N) is 1. The van der Waals surface area contributed by atoms with Crippen molar-refractivity contribution >= 4 is 5.97 Å². The molecule has 0 aromatic heterocycles. The quantitative estimate of drug-likeness (QED) is 0.531. The highest BCUT2D eigenvalue weighted by Crippen LogP contribution is 2.27. The number of methoxy groups -OCH3 is 1. The Kier molecular flexibility index (Phi) is 5.45. The molecular weight excluding hydrogens is 234 g/mol. The largest absolute Gasteiger partial charge is 0.508 e. The van der Waals surface area contributed by atoms with Gasteiger partial charge in [0.05, 0.1) is 7.11 Å². The smallest absolute Gasteiger partial charge is 0.305 e. The summed E-state index contributed by atoms with van der Waals surface area (Å²) in [5.74, 6) is -0.131. The third-order valence-electron chi connectivity index (χ3n) is 2.72. The average molecular weight is 253 g/mol. The summed E-state index contributed by atoms with van der Waals surface area (Å²) in [5.41, 5.74) is 0.714. The minimum Gasteiger partial charge on any atom is -0.508 e. The van der Waals surface area contributed by atoms with Crippen LogP contribution in [0.3, 0.4) is 0 Å². The van der Waals surface area contributed by atoms with E-state index in [0.29, 0.717) is 24.9 Å². The van der Waals surface area contributed by atoms with Crippen LogP contribution in [-0.2, 0) is 9.53 Å². The molecule has 100 valence electrons. The molecule has 1 atom stereocenters. The Morgan fingerprint density at radius 2 is 2.17 bits per heavy atom. The molecule has 1 aromatic rings. The van der Waals surface area contributed by atoms with Crippen LogP contribution in [0.4, 0.5) is 0 Å². The van der Waals surface area contributed by atoms with Gasteiger partial charge in [-0.25, -0.2) is 0 Å². The highest BCUT2D eigenvalue weighted by Gasteiger charge is 2.10. The van der Waals surface area contributed by atoms with Crippen molar-refractivity contribution in [2.45, 2.75) is 25.8 Å². The topological polar surface area (TPSA) is 78.8 Å². The summed E-state index contributed by atoms with van der Waals surface area (Å²) in [4.78, 5) is 10.9. The van der Waals surface area contributed by atoms with Crippen molar-refractivity contribution in [2.75, 3.05) is 13.7 Å².